The predicted octanol–water partition coefficient (Wildman–Crippen LogP) is 5.14. The van der Waals surface area contributed by atoms with Crippen LogP contribution in [0.5, 0.6) is 11.5 Å². The predicted molar refractivity (Wildman–Crippen MR) is 134 cm³/mol. The average molecular weight is 494 g/mol. The fourth-order valence-corrected chi connectivity index (χ4v) is 5.20. The van der Waals surface area contributed by atoms with Gasteiger partial charge >= 0.3 is 0 Å². The number of aromatic nitrogens is 1. The van der Waals surface area contributed by atoms with Crippen molar-refractivity contribution in [1.29, 1.82) is 0 Å². The summed E-state index contributed by atoms with van der Waals surface area (Å²) in [5, 5.41) is 7.56. The maximum atomic E-state index is 13.1. The van der Waals surface area contributed by atoms with Crippen LogP contribution in [0.1, 0.15) is 25.1 Å². The van der Waals surface area contributed by atoms with Gasteiger partial charge in [0.25, 0.3) is 0 Å². The summed E-state index contributed by atoms with van der Waals surface area (Å²) < 4.78 is 38.8. The highest BCUT2D eigenvalue weighted by Crippen LogP contribution is 2.33. The number of amides is 1. The van der Waals surface area contributed by atoms with Gasteiger partial charge in [-0.3, -0.25) is 4.79 Å². The van der Waals surface area contributed by atoms with Crippen molar-refractivity contribution in [2.45, 2.75) is 32.1 Å². The average Bonchev–Trinajstić information content (AvgIpc) is 3.24. The third-order valence-electron chi connectivity index (χ3n) is 5.60. The lowest BCUT2D eigenvalue weighted by molar-refractivity contribution is -0.115. The van der Waals surface area contributed by atoms with Crippen molar-refractivity contribution in [1.82, 2.24) is 9.46 Å². The van der Waals surface area contributed by atoms with Crippen LogP contribution in [0.4, 0.5) is 5.69 Å². The molecule has 4 aromatic rings. The van der Waals surface area contributed by atoms with Gasteiger partial charge in [0.2, 0.25) is 15.9 Å². The number of rotatable bonds is 9. The fraction of sp³-hybridized carbons (Fsp3) is 0.231. The topological polar surface area (TPSA) is 102 Å². The molecule has 0 bridgehead atoms. The molecule has 9 heteroatoms. The molecule has 0 unspecified atom stereocenters. The second-order valence-corrected chi connectivity index (χ2v) is 9.95. The Morgan fingerprint density at radius 2 is 1.74 bits per heavy atom. The maximum Gasteiger partial charge on any atom is 0.243 e. The van der Waals surface area contributed by atoms with Gasteiger partial charge in [-0.2, -0.15) is 4.31 Å². The van der Waals surface area contributed by atoms with E-state index in [9.17, 15) is 13.2 Å². The number of fused-ring (bicyclic) bond motifs is 1. The monoisotopic (exact) mass is 493 g/mol. The highest BCUT2D eigenvalue weighted by atomic mass is 32.2. The van der Waals surface area contributed by atoms with Gasteiger partial charge in [-0.15, -0.1) is 0 Å². The highest BCUT2D eigenvalue weighted by molar-refractivity contribution is 7.89. The van der Waals surface area contributed by atoms with Gasteiger partial charge in [-0.1, -0.05) is 48.8 Å². The molecule has 35 heavy (non-hydrogen) atoms. The molecule has 1 heterocycles. The van der Waals surface area contributed by atoms with Crippen LogP contribution in [0.2, 0.25) is 0 Å². The summed E-state index contributed by atoms with van der Waals surface area (Å²) in [6.45, 7) is 6.19. The lowest BCUT2D eigenvalue weighted by Gasteiger charge is -2.20. The standard InChI is InChI=1S/C26H27N3O5S/c1-4-29(5-2)35(31,32)20-14-15-25(33-19-12-10-18(3)11-13-19)23(16-20)27-26(30)17-22-21-8-6-7-9-24(21)34-28-22/h6-16H,4-5,17H2,1-3H3,(H,27,30). The number of ether oxygens (including phenoxy) is 1. The number of sulfonamides is 1. The zero-order valence-corrected chi connectivity index (χ0v) is 20.6. The molecule has 1 amide bonds. The molecule has 0 atom stereocenters. The molecule has 0 spiro atoms. The van der Waals surface area contributed by atoms with Gasteiger partial charge in [0.05, 0.1) is 17.0 Å². The van der Waals surface area contributed by atoms with Crippen LogP contribution in [0, 0.1) is 6.92 Å². The number of hydrogen-bond donors (Lipinski definition) is 1. The summed E-state index contributed by atoms with van der Waals surface area (Å²) in [5.74, 6) is 0.508. The Kier molecular flexibility index (Phi) is 7.18. The van der Waals surface area contributed by atoms with E-state index in [-0.39, 0.29) is 22.9 Å². The normalized spacial score (nSPS) is 11.7. The van der Waals surface area contributed by atoms with Crippen molar-refractivity contribution in [3.05, 3.63) is 78.0 Å². The van der Waals surface area contributed by atoms with Gasteiger partial charge in [-0.25, -0.2) is 8.42 Å². The number of aryl methyl sites for hydroxylation is 1. The molecular formula is C26H27N3O5S. The fourth-order valence-electron chi connectivity index (χ4n) is 3.71. The molecule has 8 nitrogen and oxygen atoms in total. The summed E-state index contributed by atoms with van der Waals surface area (Å²) in [5.41, 5.74) is 2.40. The lowest BCUT2D eigenvalue weighted by atomic mass is 10.1. The molecule has 0 aliphatic carbocycles. The number of nitrogens with zero attached hydrogens (tertiary/aromatic N) is 2. The molecular weight excluding hydrogens is 466 g/mol. The first-order valence-electron chi connectivity index (χ1n) is 11.3. The van der Waals surface area contributed by atoms with Crippen LogP contribution in [0.25, 0.3) is 11.0 Å². The number of carbonyl (C=O) groups excluding carboxylic acids is 1. The number of anilines is 1. The van der Waals surface area contributed by atoms with E-state index in [4.69, 9.17) is 9.26 Å². The smallest absolute Gasteiger partial charge is 0.243 e. The quantitative estimate of drug-likeness (QED) is 0.346. The zero-order chi connectivity index (χ0) is 25.0. The maximum absolute atomic E-state index is 13.1. The minimum absolute atomic E-state index is 0.0476. The number of hydrogen-bond acceptors (Lipinski definition) is 6. The van der Waals surface area contributed by atoms with E-state index in [0.29, 0.717) is 35.9 Å². The molecule has 0 radical (unpaired) electrons. The van der Waals surface area contributed by atoms with E-state index < -0.39 is 10.0 Å². The van der Waals surface area contributed by atoms with Crippen LogP contribution >= 0.6 is 0 Å². The van der Waals surface area contributed by atoms with Crippen molar-refractivity contribution in [2.75, 3.05) is 18.4 Å². The van der Waals surface area contributed by atoms with Crippen LogP contribution < -0.4 is 10.1 Å². The van der Waals surface area contributed by atoms with Crippen LogP contribution in [-0.4, -0.2) is 36.9 Å². The Bertz CT molecular complexity index is 1440. The van der Waals surface area contributed by atoms with Gasteiger partial charge in [0, 0.05) is 18.5 Å². The van der Waals surface area contributed by atoms with Crippen molar-refractivity contribution in [2.24, 2.45) is 0 Å². The van der Waals surface area contributed by atoms with Crippen LogP contribution in [0.15, 0.2) is 76.1 Å². The highest BCUT2D eigenvalue weighted by Gasteiger charge is 2.24. The summed E-state index contributed by atoms with van der Waals surface area (Å²) in [4.78, 5) is 13.0. The molecule has 0 aliphatic rings. The van der Waals surface area contributed by atoms with E-state index in [1.807, 2.05) is 49.4 Å². The number of benzene rings is 3. The van der Waals surface area contributed by atoms with Gasteiger partial charge in [0.1, 0.15) is 11.4 Å². The lowest BCUT2D eigenvalue weighted by Crippen LogP contribution is -2.30. The number of carbonyl (C=O) groups is 1. The summed E-state index contributed by atoms with van der Waals surface area (Å²) in [6, 6.07) is 19.2. The number of para-hydroxylation sites is 1. The molecule has 182 valence electrons. The van der Waals surface area contributed by atoms with E-state index in [0.717, 1.165) is 10.9 Å². The van der Waals surface area contributed by atoms with Gasteiger partial charge in [-0.05, 0) is 49.4 Å². The van der Waals surface area contributed by atoms with Crippen molar-refractivity contribution < 1.29 is 22.5 Å². The summed E-state index contributed by atoms with van der Waals surface area (Å²) >= 11 is 0. The Hall–Kier alpha value is -3.69. The summed E-state index contributed by atoms with van der Waals surface area (Å²) in [6.07, 6.45) is -0.0476. The Labute approximate surface area is 204 Å². The Morgan fingerprint density at radius 1 is 1.03 bits per heavy atom. The molecule has 0 saturated carbocycles. The van der Waals surface area contributed by atoms with E-state index >= 15 is 0 Å². The number of nitrogens with one attached hydrogen (secondary N) is 1. The Morgan fingerprint density at radius 3 is 2.46 bits per heavy atom. The zero-order valence-electron chi connectivity index (χ0n) is 19.8. The molecule has 0 saturated heterocycles. The second-order valence-electron chi connectivity index (χ2n) is 8.01. The molecule has 4 rings (SSSR count). The van der Waals surface area contributed by atoms with Crippen molar-refractivity contribution >= 4 is 32.6 Å². The minimum atomic E-state index is -3.73. The van der Waals surface area contributed by atoms with Crippen molar-refractivity contribution in [3.63, 3.8) is 0 Å². The van der Waals surface area contributed by atoms with E-state index in [1.165, 1.54) is 16.4 Å². The Balaban J connectivity index is 1.66. The first-order valence-corrected chi connectivity index (χ1v) is 12.8. The van der Waals surface area contributed by atoms with Crippen LogP contribution in [0.3, 0.4) is 0 Å². The molecule has 1 aromatic heterocycles. The third kappa shape index (κ3) is 5.36. The first-order chi connectivity index (χ1) is 16.8. The third-order valence-corrected chi connectivity index (χ3v) is 7.64. The van der Waals surface area contributed by atoms with Gasteiger partial charge in [0.15, 0.2) is 11.3 Å². The largest absolute Gasteiger partial charge is 0.455 e. The minimum Gasteiger partial charge on any atom is -0.455 e. The van der Waals surface area contributed by atoms with E-state index in [1.54, 1.807) is 26.0 Å². The molecule has 1 N–H and O–H groups in total. The van der Waals surface area contributed by atoms with Gasteiger partial charge < -0.3 is 14.6 Å². The SMILES string of the molecule is CCN(CC)S(=O)(=O)c1ccc(Oc2ccc(C)cc2)c(NC(=O)Cc2noc3ccccc23)c1. The van der Waals surface area contributed by atoms with Crippen molar-refractivity contribution in [3.8, 4) is 11.5 Å². The first kappa shape index (κ1) is 24.4. The van der Waals surface area contributed by atoms with Crippen LogP contribution in [-0.2, 0) is 21.2 Å². The molecule has 0 aliphatic heterocycles. The summed E-state index contributed by atoms with van der Waals surface area (Å²) in [7, 11) is -3.73. The second kappa shape index (κ2) is 10.3. The van der Waals surface area contributed by atoms with E-state index in [2.05, 4.69) is 10.5 Å². The molecule has 0 fully saturated rings. The molecule has 3 aromatic carbocycles.